The summed E-state index contributed by atoms with van der Waals surface area (Å²) < 4.78 is 38.8. The third-order valence-electron chi connectivity index (χ3n) is 4.19. The summed E-state index contributed by atoms with van der Waals surface area (Å²) in [5.74, 6) is 0.492. The second-order valence-electron chi connectivity index (χ2n) is 5.38. The fourth-order valence-corrected chi connectivity index (χ4v) is 3.04. The van der Waals surface area contributed by atoms with Crippen LogP contribution in [0.4, 0.5) is 13.2 Å². The second-order valence-corrected chi connectivity index (χ2v) is 5.38. The summed E-state index contributed by atoms with van der Waals surface area (Å²) in [7, 11) is 0. The first-order valence-corrected chi connectivity index (χ1v) is 6.77. The van der Waals surface area contributed by atoms with E-state index in [9.17, 15) is 18.3 Å². The standard InChI is InChI=1S/C15H19F3O/c1-2-10-7-8-11(9-10)14(19)12-5-3-4-6-13(12)15(16,17)18/h3-6,10-11,14,19H,2,7-9H2,1H3. The molecule has 19 heavy (non-hydrogen) atoms. The monoisotopic (exact) mass is 272 g/mol. The van der Waals surface area contributed by atoms with Crippen LogP contribution in [0, 0.1) is 11.8 Å². The molecule has 1 aromatic rings. The first kappa shape index (κ1) is 14.4. The van der Waals surface area contributed by atoms with Crippen LogP contribution in [0.5, 0.6) is 0 Å². The molecule has 0 amide bonds. The summed E-state index contributed by atoms with van der Waals surface area (Å²) in [5.41, 5.74) is -0.681. The van der Waals surface area contributed by atoms with Gasteiger partial charge in [-0.05, 0) is 36.3 Å². The van der Waals surface area contributed by atoms with Crippen molar-refractivity contribution in [3.05, 3.63) is 35.4 Å². The molecule has 0 spiro atoms. The van der Waals surface area contributed by atoms with Gasteiger partial charge in [0.15, 0.2) is 0 Å². The number of benzene rings is 1. The quantitative estimate of drug-likeness (QED) is 0.854. The molecular formula is C15H19F3O. The Balaban J connectivity index is 2.22. The number of hydrogen-bond donors (Lipinski definition) is 1. The lowest BCUT2D eigenvalue weighted by Crippen LogP contribution is -2.16. The van der Waals surface area contributed by atoms with E-state index < -0.39 is 17.8 Å². The van der Waals surface area contributed by atoms with E-state index in [-0.39, 0.29) is 11.5 Å². The van der Waals surface area contributed by atoms with Gasteiger partial charge in [0, 0.05) is 0 Å². The van der Waals surface area contributed by atoms with Crippen molar-refractivity contribution >= 4 is 0 Å². The zero-order valence-electron chi connectivity index (χ0n) is 11.0. The third-order valence-corrected chi connectivity index (χ3v) is 4.19. The second kappa shape index (κ2) is 5.53. The summed E-state index contributed by atoms with van der Waals surface area (Å²) in [5, 5.41) is 10.3. The van der Waals surface area contributed by atoms with Crippen molar-refractivity contribution in [3.8, 4) is 0 Å². The summed E-state index contributed by atoms with van der Waals surface area (Å²) in [6.45, 7) is 2.09. The normalized spacial score (nSPS) is 25.5. The molecule has 0 aromatic heterocycles. The van der Waals surface area contributed by atoms with Crippen molar-refractivity contribution in [1.82, 2.24) is 0 Å². The van der Waals surface area contributed by atoms with Gasteiger partial charge in [0.25, 0.3) is 0 Å². The molecule has 1 fully saturated rings. The van der Waals surface area contributed by atoms with Crippen molar-refractivity contribution in [1.29, 1.82) is 0 Å². The van der Waals surface area contributed by atoms with Crippen molar-refractivity contribution in [3.63, 3.8) is 0 Å². The maximum atomic E-state index is 12.9. The van der Waals surface area contributed by atoms with E-state index in [1.165, 1.54) is 12.1 Å². The minimum absolute atomic E-state index is 0.0248. The lowest BCUT2D eigenvalue weighted by atomic mass is 9.90. The Hall–Kier alpha value is -1.03. The van der Waals surface area contributed by atoms with Gasteiger partial charge >= 0.3 is 6.18 Å². The van der Waals surface area contributed by atoms with E-state index in [0.717, 1.165) is 31.7 Å². The lowest BCUT2D eigenvalue weighted by Gasteiger charge is -2.22. The molecule has 1 aliphatic carbocycles. The molecule has 1 saturated carbocycles. The highest BCUT2D eigenvalue weighted by molar-refractivity contribution is 5.32. The zero-order valence-corrected chi connectivity index (χ0v) is 11.0. The number of halogens is 3. The van der Waals surface area contributed by atoms with E-state index in [1.54, 1.807) is 6.07 Å². The molecule has 0 radical (unpaired) electrons. The molecule has 106 valence electrons. The van der Waals surface area contributed by atoms with E-state index in [2.05, 4.69) is 6.92 Å². The summed E-state index contributed by atoms with van der Waals surface area (Å²) in [6, 6.07) is 5.36. The molecule has 1 nitrogen and oxygen atoms in total. The lowest BCUT2D eigenvalue weighted by molar-refractivity contribution is -0.139. The number of hydrogen-bond acceptors (Lipinski definition) is 1. The highest BCUT2D eigenvalue weighted by Gasteiger charge is 2.37. The molecule has 4 heteroatoms. The van der Waals surface area contributed by atoms with E-state index in [4.69, 9.17) is 0 Å². The van der Waals surface area contributed by atoms with Crippen LogP contribution >= 0.6 is 0 Å². The SMILES string of the molecule is CCC1CCC(C(O)c2ccccc2C(F)(F)F)C1. The fraction of sp³-hybridized carbons (Fsp3) is 0.600. The van der Waals surface area contributed by atoms with Gasteiger partial charge in [0.2, 0.25) is 0 Å². The van der Waals surface area contributed by atoms with Gasteiger partial charge in [-0.3, -0.25) is 0 Å². The number of alkyl halides is 3. The minimum Gasteiger partial charge on any atom is -0.388 e. The Bertz CT molecular complexity index is 428. The topological polar surface area (TPSA) is 20.2 Å². The van der Waals surface area contributed by atoms with Crippen LogP contribution in [0.3, 0.4) is 0 Å². The first-order chi connectivity index (χ1) is 8.93. The van der Waals surface area contributed by atoms with Gasteiger partial charge in [-0.25, -0.2) is 0 Å². The van der Waals surface area contributed by atoms with Crippen LogP contribution in [0.25, 0.3) is 0 Å². The fourth-order valence-electron chi connectivity index (χ4n) is 3.04. The third kappa shape index (κ3) is 3.11. The van der Waals surface area contributed by atoms with Crippen molar-refractivity contribution in [2.45, 2.75) is 44.9 Å². The first-order valence-electron chi connectivity index (χ1n) is 6.77. The van der Waals surface area contributed by atoms with Crippen LogP contribution in [0.15, 0.2) is 24.3 Å². The Kier molecular flexibility index (Phi) is 4.19. The van der Waals surface area contributed by atoms with Crippen LogP contribution in [0.1, 0.15) is 49.8 Å². The van der Waals surface area contributed by atoms with Crippen LogP contribution in [-0.2, 0) is 6.18 Å². The predicted octanol–water partition coefficient (Wildman–Crippen LogP) is 4.57. The minimum atomic E-state index is -4.40. The molecule has 3 unspecified atom stereocenters. The number of aliphatic hydroxyl groups excluding tert-OH is 1. The van der Waals surface area contributed by atoms with Crippen LogP contribution in [-0.4, -0.2) is 5.11 Å². The molecule has 1 N–H and O–H groups in total. The van der Waals surface area contributed by atoms with Crippen LogP contribution in [0.2, 0.25) is 0 Å². The molecule has 0 bridgehead atoms. The van der Waals surface area contributed by atoms with Gasteiger partial charge in [0.05, 0.1) is 11.7 Å². The molecule has 1 aromatic carbocycles. The average molecular weight is 272 g/mol. The van der Waals surface area contributed by atoms with Crippen molar-refractivity contribution in [2.75, 3.05) is 0 Å². The highest BCUT2D eigenvalue weighted by atomic mass is 19.4. The zero-order chi connectivity index (χ0) is 14.0. The van der Waals surface area contributed by atoms with E-state index in [0.29, 0.717) is 5.92 Å². The molecule has 2 rings (SSSR count). The Morgan fingerprint density at radius 3 is 2.53 bits per heavy atom. The predicted molar refractivity (Wildman–Crippen MR) is 67.5 cm³/mol. The molecule has 0 saturated heterocycles. The molecular weight excluding hydrogens is 253 g/mol. The van der Waals surface area contributed by atoms with Gasteiger partial charge in [-0.1, -0.05) is 38.0 Å². The van der Waals surface area contributed by atoms with Gasteiger partial charge in [0.1, 0.15) is 0 Å². The van der Waals surface area contributed by atoms with Crippen molar-refractivity contribution < 1.29 is 18.3 Å². The molecule has 0 heterocycles. The van der Waals surface area contributed by atoms with E-state index >= 15 is 0 Å². The molecule has 1 aliphatic rings. The smallest absolute Gasteiger partial charge is 0.388 e. The summed E-state index contributed by atoms with van der Waals surface area (Å²) >= 11 is 0. The highest BCUT2D eigenvalue weighted by Crippen LogP contribution is 2.43. The van der Waals surface area contributed by atoms with Gasteiger partial charge in [-0.2, -0.15) is 13.2 Å². The Morgan fingerprint density at radius 1 is 1.26 bits per heavy atom. The average Bonchev–Trinajstić information content (AvgIpc) is 2.85. The summed E-state index contributed by atoms with van der Waals surface area (Å²) in [4.78, 5) is 0. The molecule has 3 atom stereocenters. The largest absolute Gasteiger partial charge is 0.416 e. The maximum Gasteiger partial charge on any atom is 0.416 e. The van der Waals surface area contributed by atoms with Crippen molar-refractivity contribution in [2.24, 2.45) is 11.8 Å². The molecule has 0 aliphatic heterocycles. The van der Waals surface area contributed by atoms with Crippen LogP contribution < -0.4 is 0 Å². The van der Waals surface area contributed by atoms with E-state index in [1.807, 2.05) is 0 Å². The number of rotatable bonds is 3. The maximum absolute atomic E-state index is 12.9. The summed E-state index contributed by atoms with van der Waals surface area (Å²) in [6.07, 6.45) is -1.73. The van der Waals surface area contributed by atoms with Gasteiger partial charge in [-0.15, -0.1) is 0 Å². The Morgan fingerprint density at radius 2 is 1.95 bits per heavy atom. The Labute approximate surface area is 111 Å². The van der Waals surface area contributed by atoms with Gasteiger partial charge < -0.3 is 5.11 Å². The number of aliphatic hydroxyl groups is 1.